The van der Waals surface area contributed by atoms with Crippen LogP contribution in [-0.2, 0) is 6.54 Å². The van der Waals surface area contributed by atoms with Gasteiger partial charge in [-0.15, -0.1) is 0 Å². The normalized spacial score (nSPS) is 23.0. The van der Waals surface area contributed by atoms with Gasteiger partial charge in [-0.25, -0.2) is 0 Å². The summed E-state index contributed by atoms with van der Waals surface area (Å²) in [5.74, 6) is 0.767. The molecule has 1 aromatic rings. The summed E-state index contributed by atoms with van der Waals surface area (Å²) in [7, 11) is 0. The molecule has 1 aromatic heterocycles. The lowest BCUT2D eigenvalue weighted by atomic mass is 9.99. The molecule has 0 radical (unpaired) electrons. The van der Waals surface area contributed by atoms with Gasteiger partial charge in [0.15, 0.2) is 0 Å². The third-order valence-corrected chi connectivity index (χ3v) is 4.07. The highest BCUT2D eigenvalue weighted by Crippen LogP contribution is 2.57. The lowest BCUT2D eigenvalue weighted by Crippen LogP contribution is -2.25. The van der Waals surface area contributed by atoms with E-state index in [0.717, 1.165) is 25.4 Å². The molecule has 0 spiro atoms. The van der Waals surface area contributed by atoms with Gasteiger partial charge >= 0.3 is 0 Å². The number of hydrogen-bond acceptors (Lipinski definition) is 2. The van der Waals surface area contributed by atoms with E-state index in [1.54, 1.807) is 0 Å². The Bertz CT molecular complexity index is 381. The second-order valence-corrected chi connectivity index (χ2v) is 6.27. The molecule has 3 heteroatoms. The van der Waals surface area contributed by atoms with Crippen LogP contribution in [0.2, 0.25) is 0 Å². The molecule has 102 valence electrons. The van der Waals surface area contributed by atoms with Crippen LogP contribution < -0.4 is 5.32 Å². The molecule has 2 atom stereocenters. The number of rotatable bonds is 7. The van der Waals surface area contributed by atoms with E-state index in [-0.39, 0.29) is 0 Å². The summed E-state index contributed by atoms with van der Waals surface area (Å²) >= 11 is 0. The second-order valence-electron chi connectivity index (χ2n) is 6.27. The molecule has 1 aliphatic rings. The van der Waals surface area contributed by atoms with E-state index in [4.69, 9.17) is 0 Å². The van der Waals surface area contributed by atoms with Crippen molar-refractivity contribution >= 4 is 0 Å². The SMILES string of the molecule is CCCNC(c1cnn(CCC)c1)C1CC1(C)C. The maximum Gasteiger partial charge on any atom is 0.0537 e. The molecule has 1 heterocycles. The predicted octanol–water partition coefficient (Wildman–Crippen LogP) is 3.38. The van der Waals surface area contributed by atoms with Crippen LogP contribution >= 0.6 is 0 Å². The number of nitrogens with zero attached hydrogens (tertiary/aromatic N) is 2. The highest BCUT2D eigenvalue weighted by atomic mass is 15.3. The lowest BCUT2D eigenvalue weighted by molar-refractivity contribution is 0.415. The Balaban J connectivity index is 2.07. The third kappa shape index (κ3) is 2.94. The minimum atomic E-state index is 0.491. The van der Waals surface area contributed by atoms with E-state index in [1.165, 1.54) is 18.4 Å². The number of nitrogens with one attached hydrogen (secondary N) is 1. The average molecular weight is 249 g/mol. The quantitative estimate of drug-likeness (QED) is 0.803. The van der Waals surface area contributed by atoms with E-state index >= 15 is 0 Å². The zero-order valence-electron chi connectivity index (χ0n) is 12.2. The predicted molar refractivity (Wildman–Crippen MR) is 75.4 cm³/mol. The lowest BCUT2D eigenvalue weighted by Gasteiger charge is -2.18. The molecule has 0 aliphatic heterocycles. The minimum absolute atomic E-state index is 0.491. The molecule has 18 heavy (non-hydrogen) atoms. The highest BCUT2D eigenvalue weighted by Gasteiger charge is 2.50. The highest BCUT2D eigenvalue weighted by molar-refractivity contribution is 5.17. The topological polar surface area (TPSA) is 29.9 Å². The number of aromatic nitrogens is 2. The van der Waals surface area contributed by atoms with Crippen molar-refractivity contribution in [1.82, 2.24) is 15.1 Å². The zero-order valence-corrected chi connectivity index (χ0v) is 12.2. The Morgan fingerprint density at radius 2 is 2.17 bits per heavy atom. The van der Waals surface area contributed by atoms with Crippen LogP contribution in [-0.4, -0.2) is 16.3 Å². The van der Waals surface area contributed by atoms with Gasteiger partial charge in [-0.2, -0.15) is 5.10 Å². The van der Waals surface area contributed by atoms with Gasteiger partial charge in [0.05, 0.1) is 6.20 Å². The Labute approximate surface area is 111 Å². The fraction of sp³-hybridized carbons (Fsp3) is 0.800. The molecule has 0 bridgehead atoms. The summed E-state index contributed by atoms with van der Waals surface area (Å²) in [5, 5.41) is 8.17. The van der Waals surface area contributed by atoms with Crippen LogP contribution in [0.15, 0.2) is 12.4 Å². The van der Waals surface area contributed by atoms with Crippen molar-refractivity contribution in [1.29, 1.82) is 0 Å². The van der Waals surface area contributed by atoms with Crippen LogP contribution in [0, 0.1) is 11.3 Å². The minimum Gasteiger partial charge on any atom is -0.310 e. The Morgan fingerprint density at radius 3 is 2.72 bits per heavy atom. The van der Waals surface area contributed by atoms with E-state index in [2.05, 4.69) is 55.2 Å². The van der Waals surface area contributed by atoms with Gasteiger partial charge in [-0.05, 0) is 37.1 Å². The summed E-state index contributed by atoms with van der Waals surface area (Å²) in [5.41, 5.74) is 1.87. The van der Waals surface area contributed by atoms with Crippen molar-refractivity contribution in [2.45, 2.75) is 59.5 Å². The molecule has 2 unspecified atom stereocenters. The average Bonchev–Trinajstić information content (AvgIpc) is 2.76. The first kappa shape index (κ1) is 13.6. The summed E-state index contributed by atoms with van der Waals surface area (Å²) < 4.78 is 2.07. The van der Waals surface area contributed by atoms with Crippen LogP contribution in [0.1, 0.15) is 58.6 Å². The van der Waals surface area contributed by atoms with Crippen molar-refractivity contribution in [2.24, 2.45) is 11.3 Å². The van der Waals surface area contributed by atoms with Gasteiger partial charge in [0.1, 0.15) is 0 Å². The monoisotopic (exact) mass is 249 g/mol. The van der Waals surface area contributed by atoms with Crippen molar-refractivity contribution in [3.05, 3.63) is 18.0 Å². The fourth-order valence-corrected chi connectivity index (χ4v) is 2.76. The largest absolute Gasteiger partial charge is 0.310 e. The van der Waals surface area contributed by atoms with Crippen molar-refractivity contribution < 1.29 is 0 Å². The molecule has 0 saturated heterocycles. The molecule has 1 N–H and O–H groups in total. The standard InChI is InChI=1S/C15H27N3/c1-5-7-16-14(13-9-15(13,3)4)12-10-17-18(11-12)8-6-2/h10-11,13-14,16H,5-9H2,1-4H3. The van der Waals surface area contributed by atoms with Crippen LogP contribution in [0.25, 0.3) is 0 Å². The Morgan fingerprint density at radius 1 is 1.44 bits per heavy atom. The second kappa shape index (κ2) is 5.43. The van der Waals surface area contributed by atoms with Gasteiger partial charge < -0.3 is 5.32 Å². The fourth-order valence-electron chi connectivity index (χ4n) is 2.76. The third-order valence-electron chi connectivity index (χ3n) is 4.07. The molecule has 0 aromatic carbocycles. The zero-order chi connectivity index (χ0) is 13.2. The number of hydrogen-bond donors (Lipinski definition) is 1. The number of aryl methyl sites for hydroxylation is 1. The van der Waals surface area contributed by atoms with Gasteiger partial charge in [-0.3, -0.25) is 4.68 Å². The van der Waals surface area contributed by atoms with E-state index in [9.17, 15) is 0 Å². The van der Waals surface area contributed by atoms with E-state index in [0.29, 0.717) is 11.5 Å². The molecular formula is C15H27N3. The molecule has 1 fully saturated rings. The summed E-state index contributed by atoms with van der Waals surface area (Å²) in [4.78, 5) is 0. The molecule has 2 rings (SSSR count). The van der Waals surface area contributed by atoms with Crippen molar-refractivity contribution in [3.63, 3.8) is 0 Å². The van der Waals surface area contributed by atoms with Crippen LogP contribution in [0.4, 0.5) is 0 Å². The maximum absolute atomic E-state index is 4.47. The van der Waals surface area contributed by atoms with Gasteiger partial charge in [0, 0.05) is 24.3 Å². The van der Waals surface area contributed by atoms with E-state index in [1.807, 2.05) is 0 Å². The van der Waals surface area contributed by atoms with Crippen molar-refractivity contribution in [3.8, 4) is 0 Å². The smallest absolute Gasteiger partial charge is 0.0537 e. The molecule has 0 amide bonds. The summed E-state index contributed by atoms with van der Waals surface area (Å²) in [6.07, 6.45) is 7.94. The van der Waals surface area contributed by atoms with Crippen molar-refractivity contribution in [2.75, 3.05) is 6.54 Å². The Kier molecular flexibility index (Phi) is 4.10. The first-order valence-electron chi connectivity index (χ1n) is 7.34. The van der Waals surface area contributed by atoms with E-state index < -0.39 is 0 Å². The molecule has 3 nitrogen and oxygen atoms in total. The van der Waals surface area contributed by atoms with Gasteiger partial charge in [-0.1, -0.05) is 27.7 Å². The Hall–Kier alpha value is -0.830. The summed E-state index contributed by atoms with van der Waals surface area (Å²) in [6, 6.07) is 0.491. The maximum atomic E-state index is 4.47. The molecule has 1 aliphatic carbocycles. The first-order valence-corrected chi connectivity index (χ1v) is 7.34. The molecule has 1 saturated carbocycles. The summed E-state index contributed by atoms with van der Waals surface area (Å²) in [6.45, 7) is 11.3. The van der Waals surface area contributed by atoms with Crippen LogP contribution in [0.5, 0.6) is 0 Å². The first-order chi connectivity index (χ1) is 8.58. The van der Waals surface area contributed by atoms with Gasteiger partial charge in [0.25, 0.3) is 0 Å². The van der Waals surface area contributed by atoms with Gasteiger partial charge in [0.2, 0.25) is 0 Å². The molecular weight excluding hydrogens is 222 g/mol. The van der Waals surface area contributed by atoms with Crippen LogP contribution in [0.3, 0.4) is 0 Å².